The van der Waals surface area contributed by atoms with Crippen LogP contribution in [0.15, 0.2) is 0 Å². The molecular weight excluding hydrogens is 320 g/mol. The van der Waals surface area contributed by atoms with Crippen LogP contribution in [0, 0.1) is 0 Å². The molecule has 2 atom stereocenters. The maximum absolute atomic E-state index is 10.3. The Morgan fingerprint density at radius 1 is 1.15 bits per heavy atom. The number of carboxylic acid groups (broad SMARTS) is 2. The third-order valence-electron chi connectivity index (χ3n) is 1.63. The number of nitrogens with two attached hydrogens (primary N) is 2. The first kappa shape index (κ1) is 22.2. The SMILES string of the molecule is CC(C)(C)SSC[C@H](N)C(=O)O.N[C@@H](CCS)C(=O)O. The fourth-order valence-electron chi connectivity index (χ4n) is 0.618. The fraction of sp³-hybridized carbons (Fsp3) is 0.818. The third-order valence-corrected chi connectivity index (χ3v) is 5.26. The molecule has 9 heteroatoms. The number of hydrogen-bond donors (Lipinski definition) is 5. The van der Waals surface area contributed by atoms with Crippen molar-refractivity contribution in [2.45, 2.75) is 44.0 Å². The zero-order valence-corrected chi connectivity index (χ0v) is 14.4. The minimum absolute atomic E-state index is 0.156. The summed E-state index contributed by atoms with van der Waals surface area (Å²) in [6, 6.07) is -1.49. The molecule has 0 unspecified atom stereocenters. The lowest BCUT2D eigenvalue weighted by Gasteiger charge is -2.16. The Morgan fingerprint density at radius 3 is 1.85 bits per heavy atom. The van der Waals surface area contributed by atoms with E-state index in [0.29, 0.717) is 17.9 Å². The van der Waals surface area contributed by atoms with Crippen molar-refractivity contribution in [2.75, 3.05) is 11.5 Å². The molecule has 0 bridgehead atoms. The van der Waals surface area contributed by atoms with E-state index in [0.717, 1.165) is 0 Å². The van der Waals surface area contributed by atoms with Crippen molar-refractivity contribution in [3.63, 3.8) is 0 Å². The van der Waals surface area contributed by atoms with Crippen LogP contribution in [0.25, 0.3) is 0 Å². The second-order valence-electron chi connectivity index (χ2n) is 4.88. The first-order chi connectivity index (χ1) is 9.01. The van der Waals surface area contributed by atoms with E-state index in [1.165, 1.54) is 10.8 Å². The first-order valence-electron chi connectivity index (χ1n) is 5.89. The molecule has 6 N–H and O–H groups in total. The fourth-order valence-corrected chi connectivity index (χ4v) is 3.31. The standard InChI is InChI=1S/C7H15NO2S2.C4H9NO2S/c1-7(2,3)12-11-4-5(8)6(9)10;5-3(1-2-8)4(6)7/h5H,4,8H2,1-3H3,(H,9,10);3,8H,1-2,5H2,(H,6,7)/t5-;3-/m00/s1. The lowest BCUT2D eigenvalue weighted by atomic mass is 10.2. The summed E-state index contributed by atoms with van der Waals surface area (Å²) < 4.78 is 0.156. The van der Waals surface area contributed by atoms with Crippen molar-refractivity contribution >= 4 is 46.2 Å². The Hall–Kier alpha value is -0.0900. The van der Waals surface area contributed by atoms with Gasteiger partial charge < -0.3 is 21.7 Å². The lowest BCUT2D eigenvalue weighted by Crippen LogP contribution is -2.32. The van der Waals surface area contributed by atoms with Gasteiger partial charge in [-0.3, -0.25) is 9.59 Å². The molecule has 0 aromatic carbocycles. The summed E-state index contributed by atoms with van der Waals surface area (Å²) in [4.78, 5) is 20.2. The second kappa shape index (κ2) is 11.6. The predicted molar refractivity (Wildman–Crippen MR) is 89.5 cm³/mol. The summed E-state index contributed by atoms with van der Waals surface area (Å²) in [5.74, 6) is -0.916. The highest BCUT2D eigenvalue weighted by Crippen LogP contribution is 2.34. The largest absolute Gasteiger partial charge is 0.480 e. The molecule has 0 aliphatic carbocycles. The average Bonchev–Trinajstić information content (AvgIpc) is 2.28. The second-order valence-corrected chi connectivity index (χ2v) is 8.50. The number of carbonyl (C=O) groups is 2. The van der Waals surface area contributed by atoms with E-state index in [-0.39, 0.29) is 4.75 Å². The smallest absolute Gasteiger partial charge is 0.321 e. The molecule has 6 nitrogen and oxygen atoms in total. The maximum Gasteiger partial charge on any atom is 0.321 e. The Labute approximate surface area is 133 Å². The topological polar surface area (TPSA) is 127 Å². The predicted octanol–water partition coefficient (Wildman–Crippen LogP) is 1.30. The van der Waals surface area contributed by atoms with Crippen LogP contribution in [0.3, 0.4) is 0 Å². The van der Waals surface area contributed by atoms with Gasteiger partial charge in [-0.25, -0.2) is 0 Å². The van der Waals surface area contributed by atoms with Gasteiger partial charge in [0.05, 0.1) is 0 Å². The molecule has 120 valence electrons. The van der Waals surface area contributed by atoms with Crippen molar-refractivity contribution in [1.82, 2.24) is 0 Å². The minimum atomic E-state index is -0.959. The Bertz CT molecular complexity index is 298. The van der Waals surface area contributed by atoms with Crippen LogP contribution in [0.2, 0.25) is 0 Å². The van der Waals surface area contributed by atoms with E-state index < -0.39 is 24.0 Å². The van der Waals surface area contributed by atoms with E-state index >= 15 is 0 Å². The summed E-state index contributed by atoms with van der Waals surface area (Å²) in [5.41, 5.74) is 10.4. The molecule has 0 amide bonds. The quantitative estimate of drug-likeness (QED) is 0.345. The molecule has 0 aliphatic heterocycles. The summed E-state index contributed by atoms with van der Waals surface area (Å²) in [7, 11) is 3.16. The highest BCUT2D eigenvalue weighted by Gasteiger charge is 2.15. The molecule has 0 fully saturated rings. The van der Waals surface area contributed by atoms with Gasteiger partial charge in [-0.05, 0) is 12.2 Å². The van der Waals surface area contributed by atoms with Crippen LogP contribution in [-0.4, -0.2) is 50.5 Å². The van der Waals surface area contributed by atoms with Crippen molar-refractivity contribution < 1.29 is 19.8 Å². The highest BCUT2D eigenvalue weighted by molar-refractivity contribution is 8.77. The van der Waals surface area contributed by atoms with Gasteiger partial charge in [-0.2, -0.15) is 12.6 Å². The van der Waals surface area contributed by atoms with E-state index in [4.69, 9.17) is 21.7 Å². The van der Waals surface area contributed by atoms with Gasteiger partial charge in [0.25, 0.3) is 0 Å². The average molecular weight is 345 g/mol. The lowest BCUT2D eigenvalue weighted by molar-refractivity contribution is -0.139. The molecule has 20 heavy (non-hydrogen) atoms. The van der Waals surface area contributed by atoms with Gasteiger partial charge in [0.2, 0.25) is 0 Å². The number of thiol groups is 1. The molecule has 0 aliphatic rings. The van der Waals surface area contributed by atoms with Crippen LogP contribution in [0.1, 0.15) is 27.2 Å². The van der Waals surface area contributed by atoms with Crippen LogP contribution < -0.4 is 11.5 Å². The Balaban J connectivity index is 0. The molecule has 0 aromatic heterocycles. The first-order valence-corrected chi connectivity index (χ1v) is 8.84. The van der Waals surface area contributed by atoms with Gasteiger partial charge in [-0.1, -0.05) is 42.4 Å². The molecular formula is C11H24N2O4S3. The molecule has 0 saturated heterocycles. The summed E-state index contributed by atoms with van der Waals surface area (Å²) in [6.07, 6.45) is 0.429. The monoisotopic (exact) mass is 344 g/mol. The normalized spacial score (nSPS) is 13.9. The van der Waals surface area contributed by atoms with E-state index in [9.17, 15) is 9.59 Å². The zero-order chi connectivity index (χ0) is 16.3. The van der Waals surface area contributed by atoms with Gasteiger partial charge >= 0.3 is 11.9 Å². The Kier molecular flexibility index (Phi) is 12.8. The van der Waals surface area contributed by atoms with E-state index in [2.05, 4.69) is 33.4 Å². The van der Waals surface area contributed by atoms with Crippen LogP contribution in [0.5, 0.6) is 0 Å². The van der Waals surface area contributed by atoms with E-state index in [1.54, 1.807) is 10.8 Å². The van der Waals surface area contributed by atoms with Gasteiger partial charge in [-0.15, -0.1) is 0 Å². The van der Waals surface area contributed by atoms with Crippen molar-refractivity contribution in [2.24, 2.45) is 11.5 Å². The molecule has 0 saturated carbocycles. The molecule has 0 spiro atoms. The molecule has 0 radical (unpaired) electrons. The summed E-state index contributed by atoms with van der Waals surface area (Å²) >= 11 is 3.81. The van der Waals surface area contributed by atoms with Crippen molar-refractivity contribution in [3.8, 4) is 0 Å². The minimum Gasteiger partial charge on any atom is -0.480 e. The third kappa shape index (κ3) is 16.0. The number of carboxylic acids is 2. The molecule has 0 aromatic rings. The van der Waals surface area contributed by atoms with Gasteiger partial charge in [0.1, 0.15) is 12.1 Å². The number of rotatable bonds is 7. The highest BCUT2D eigenvalue weighted by atomic mass is 33.1. The zero-order valence-electron chi connectivity index (χ0n) is 11.9. The van der Waals surface area contributed by atoms with Crippen molar-refractivity contribution in [3.05, 3.63) is 0 Å². The van der Waals surface area contributed by atoms with Gasteiger partial charge in [0.15, 0.2) is 0 Å². The summed E-state index contributed by atoms with van der Waals surface area (Å²) in [6.45, 7) is 6.24. The van der Waals surface area contributed by atoms with Crippen molar-refractivity contribution in [1.29, 1.82) is 0 Å². The molecule has 0 rings (SSSR count). The Morgan fingerprint density at radius 2 is 1.60 bits per heavy atom. The molecule has 0 heterocycles. The maximum atomic E-state index is 10.3. The number of hydrogen-bond acceptors (Lipinski definition) is 7. The van der Waals surface area contributed by atoms with Crippen LogP contribution >= 0.6 is 34.2 Å². The van der Waals surface area contributed by atoms with Crippen LogP contribution in [0.4, 0.5) is 0 Å². The van der Waals surface area contributed by atoms with E-state index in [1.807, 2.05) is 0 Å². The van der Waals surface area contributed by atoms with Crippen LogP contribution in [-0.2, 0) is 9.59 Å². The summed E-state index contributed by atoms with van der Waals surface area (Å²) in [5, 5.41) is 16.6. The number of aliphatic carboxylic acids is 2. The van der Waals surface area contributed by atoms with Gasteiger partial charge in [0, 0.05) is 10.5 Å².